The Morgan fingerprint density at radius 1 is 1.26 bits per heavy atom. The van der Waals surface area contributed by atoms with Crippen molar-refractivity contribution in [3.63, 3.8) is 0 Å². The van der Waals surface area contributed by atoms with Crippen molar-refractivity contribution in [3.05, 3.63) is 17.7 Å². The van der Waals surface area contributed by atoms with Gasteiger partial charge in [-0.05, 0) is 17.4 Å². The molecular weight excluding hydrogens is 242 g/mol. The predicted octanol–water partition coefficient (Wildman–Crippen LogP) is 2.89. The first-order valence-corrected chi connectivity index (χ1v) is 6.72. The molecule has 1 aliphatic heterocycles. The van der Waals surface area contributed by atoms with Gasteiger partial charge in [-0.2, -0.15) is 0 Å². The molecule has 0 bridgehead atoms. The molecule has 0 spiro atoms. The minimum Gasteiger partial charge on any atom is -0.507 e. The van der Waals surface area contributed by atoms with Crippen molar-refractivity contribution in [1.29, 1.82) is 0 Å². The van der Waals surface area contributed by atoms with Gasteiger partial charge < -0.3 is 19.9 Å². The highest BCUT2D eigenvalue weighted by Crippen LogP contribution is 2.37. The van der Waals surface area contributed by atoms with Crippen LogP contribution in [-0.2, 0) is 6.54 Å². The van der Waals surface area contributed by atoms with E-state index in [4.69, 9.17) is 9.47 Å². The molecular formula is C15H23NO3. The van der Waals surface area contributed by atoms with Gasteiger partial charge in [-0.25, -0.2) is 0 Å². The Kier molecular flexibility index (Phi) is 3.90. The summed E-state index contributed by atoms with van der Waals surface area (Å²) in [7, 11) is 0. The normalized spacial score (nSPS) is 14.2. The van der Waals surface area contributed by atoms with Crippen molar-refractivity contribution < 1.29 is 14.6 Å². The molecule has 19 heavy (non-hydrogen) atoms. The molecule has 0 amide bonds. The van der Waals surface area contributed by atoms with Gasteiger partial charge in [0.2, 0.25) is 6.79 Å². The van der Waals surface area contributed by atoms with Crippen LogP contribution in [0.1, 0.15) is 33.3 Å². The van der Waals surface area contributed by atoms with Crippen LogP contribution in [-0.4, -0.2) is 18.4 Å². The average molecular weight is 265 g/mol. The molecule has 0 atom stereocenters. The molecule has 0 saturated carbocycles. The summed E-state index contributed by atoms with van der Waals surface area (Å²) in [5.74, 6) is 2.17. The van der Waals surface area contributed by atoms with Crippen LogP contribution >= 0.6 is 0 Å². The standard InChI is InChI=1S/C15H23NO3/c1-10(2)15(3,4)8-16-7-11-5-13-14(6-12(11)17)19-9-18-13/h5-6,10,16-17H,7-9H2,1-4H3. The zero-order valence-electron chi connectivity index (χ0n) is 12.1. The third kappa shape index (κ3) is 3.13. The third-order valence-electron chi connectivity index (χ3n) is 4.03. The fourth-order valence-corrected chi connectivity index (χ4v) is 1.84. The minimum atomic E-state index is 0.228. The van der Waals surface area contributed by atoms with Crippen LogP contribution < -0.4 is 14.8 Å². The van der Waals surface area contributed by atoms with Crippen LogP contribution in [0.2, 0.25) is 0 Å². The maximum Gasteiger partial charge on any atom is 0.231 e. The van der Waals surface area contributed by atoms with E-state index in [0.717, 1.165) is 12.1 Å². The topological polar surface area (TPSA) is 50.7 Å². The van der Waals surface area contributed by atoms with Crippen molar-refractivity contribution in [3.8, 4) is 17.2 Å². The number of benzene rings is 1. The zero-order chi connectivity index (χ0) is 14.0. The molecule has 2 N–H and O–H groups in total. The van der Waals surface area contributed by atoms with Gasteiger partial charge in [0.05, 0.1) is 0 Å². The first-order valence-electron chi connectivity index (χ1n) is 6.72. The number of ether oxygens (including phenoxy) is 2. The second kappa shape index (κ2) is 5.29. The van der Waals surface area contributed by atoms with E-state index in [1.165, 1.54) is 0 Å². The van der Waals surface area contributed by atoms with E-state index in [-0.39, 0.29) is 18.0 Å². The van der Waals surface area contributed by atoms with Crippen molar-refractivity contribution in [2.45, 2.75) is 34.2 Å². The number of hydrogen-bond donors (Lipinski definition) is 2. The first-order chi connectivity index (χ1) is 8.90. The number of phenolic OH excluding ortho intramolecular Hbond substituents is 1. The monoisotopic (exact) mass is 265 g/mol. The fourth-order valence-electron chi connectivity index (χ4n) is 1.84. The van der Waals surface area contributed by atoms with Crippen molar-refractivity contribution in [2.75, 3.05) is 13.3 Å². The number of fused-ring (bicyclic) bond motifs is 1. The summed E-state index contributed by atoms with van der Waals surface area (Å²) in [6.45, 7) is 10.7. The summed E-state index contributed by atoms with van der Waals surface area (Å²) in [4.78, 5) is 0. The molecule has 1 aliphatic rings. The Morgan fingerprint density at radius 3 is 2.53 bits per heavy atom. The molecule has 0 unspecified atom stereocenters. The van der Waals surface area contributed by atoms with Gasteiger partial charge in [0.15, 0.2) is 11.5 Å². The average Bonchev–Trinajstić information content (AvgIpc) is 2.75. The summed E-state index contributed by atoms with van der Waals surface area (Å²) in [5.41, 5.74) is 1.06. The molecule has 4 nitrogen and oxygen atoms in total. The molecule has 1 heterocycles. The van der Waals surface area contributed by atoms with E-state index in [0.29, 0.717) is 24.0 Å². The van der Waals surface area contributed by atoms with Crippen molar-refractivity contribution in [2.24, 2.45) is 11.3 Å². The van der Waals surface area contributed by atoms with Crippen LogP contribution in [0.15, 0.2) is 12.1 Å². The lowest BCUT2D eigenvalue weighted by atomic mass is 9.81. The quantitative estimate of drug-likeness (QED) is 0.859. The summed E-state index contributed by atoms with van der Waals surface area (Å²) in [6.07, 6.45) is 0. The molecule has 0 radical (unpaired) electrons. The minimum absolute atomic E-state index is 0.228. The zero-order valence-corrected chi connectivity index (χ0v) is 12.1. The van der Waals surface area contributed by atoms with Crippen molar-refractivity contribution >= 4 is 0 Å². The summed E-state index contributed by atoms with van der Waals surface area (Å²) < 4.78 is 10.5. The molecule has 1 aromatic rings. The molecule has 0 aromatic heterocycles. The van der Waals surface area contributed by atoms with E-state index >= 15 is 0 Å². The number of hydrogen-bond acceptors (Lipinski definition) is 4. The number of rotatable bonds is 5. The summed E-state index contributed by atoms with van der Waals surface area (Å²) in [5, 5.41) is 13.3. The third-order valence-corrected chi connectivity index (χ3v) is 4.03. The summed E-state index contributed by atoms with van der Waals surface area (Å²) >= 11 is 0. The first kappa shape index (κ1) is 14.0. The van der Waals surface area contributed by atoms with E-state index < -0.39 is 0 Å². The lowest BCUT2D eigenvalue weighted by Crippen LogP contribution is -2.33. The van der Waals surface area contributed by atoms with Crippen LogP contribution in [0.4, 0.5) is 0 Å². The fraction of sp³-hybridized carbons (Fsp3) is 0.600. The lowest BCUT2D eigenvalue weighted by molar-refractivity contribution is 0.174. The molecule has 0 saturated heterocycles. The largest absolute Gasteiger partial charge is 0.507 e. The summed E-state index contributed by atoms with van der Waals surface area (Å²) in [6, 6.07) is 3.46. The Labute approximate surface area is 114 Å². The second-order valence-corrected chi connectivity index (χ2v) is 6.08. The van der Waals surface area contributed by atoms with Crippen LogP contribution in [0, 0.1) is 11.3 Å². The SMILES string of the molecule is CC(C)C(C)(C)CNCc1cc2c(cc1O)OCO2. The number of nitrogens with one attached hydrogen (secondary N) is 1. The second-order valence-electron chi connectivity index (χ2n) is 6.08. The van der Waals surface area contributed by atoms with E-state index in [9.17, 15) is 5.11 Å². The van der Waals surface area contributed by atoms with Crippen LogP contribution in [0.5, 0.6) is 17.2 Å². The van der Waals surface area contributed by atoms with Crippen LogP contribution in [0.3, 0.4) is 0 Å². The van der Waals surface area contributed by atoms with Crippen molar-refractivity contribution in [1.82, 2.24) is 5.32 Å². The highest BCUT2D eigenvalue weighted by Gasteiger charge is 2.22. The Balaban J connectivity index is 1.97. The van der Waals surface area contributed by atoms with Gasteiger partial charge in [0.25, 0.3) is 0 Å². The predicted molar refractivity (Wildman–Crippen MR) is 74.6 cm³/mol. The highest BCUT2D eigenvalue weighted by molar-refractivity contribution is 5.51. The number of aromatic hydroxyl groups is 1. The van der Waals surface area contributed by atoms with E-state index in [2.05, 4.69) is 33.0 Å². The molecule has 2 rings (SSSR count). The van der Waals surface area contributed by atoms with E-state index in [1.807, 2.05) is 6.07 Å². The Morgan fingerprint density at radius 2 is 1.89 bits per heavy atom. The van der Waals surface area contributed by atoms with Gasteiger partial charge in [-0.3, -0.25) is 0 Å². The molecule has 1 aromatic carbocycles. The maximum atomic E-state index is 9.94. The van der Waals surface area contributed by atoms with Gasteiger partial charge in [-0.15, -0.1) is 0 Å². The molecule has 106 valence electrons. The van der Waals surface area contributed by atoms with E-state index in [1.54, 1.807) is 6.07 Å². The maximum absolute atomic E-state index is 9.94. The van der Waals surface area contributed by atoms with Gasteiger partial charge in [0.1, 0.15) is 5.75 Å². The highest BCUT2D eigenvalue weighted by atomic mass is 16.7. The smallest absolute Gasteiger partial charge is 0.231 e. The van der Waals surface area contributed by atoms with Gasteiger partial charge in [-0.1, -0.05) is 27.7 Å². The Bertz CT molecular complexity index is 455. The molecule has 0 aliphatic carbocycles. The molecule has 4 heteroatoms. The lowest BCUT2D eigenvalue weighted by Gasteiger charge is -2.29. The Hall–Kier alpha value is -1.42. The molecule has 0 fully saturated rings. The van der Waals surface area contributed by atoms with Gasteiger partial charge >= 0.3 is 0 Å². The van der Waals surface area contributed by atoms with Gasteiger partial charge in [0, 0.05) is 24.7 Å². The number of phenols is 1. The van der Waals surface area contributed by atoms with Crippen LogP contribution in [0.25, 0.3) is 0 Å².